The fourth-order valence-corrected chi connectivity index (χ4v) is 4.33. The van der Waals surface area contributed by atoms with Crippen molar-refractivity contribution >= 4 is 22.4 Å². The average molecular weight is 293 g/mol. The van der Waals surface area contributed by atoms with E-state index >= 15 is 0 Å². The second kappa shape index (κ2) is 4.71. The van der Waals surface area contributed by atoms with E-state index in [1.807, 2.05) is 29.5 Å². The summed E-state index contributed by atoms with van der Waals surface area (Å²) in [5, 5.41) is 11.3. The third kappa shape index (κ3) is 1.89. The monoisotopic (exact) mass is 293 g/mol. The van der Waals surface area contributed by atoms with Gasteiger partial charge in [0, 0.05) is 17.8 Å². The van der Waals surface area contributed by atoms with Crippen LogP contribution in [0.1, 0.15) is 40.6 Å². The molecule has 1 unspecified atom stereocenters. The van der Waals surface area contributed by atoms with Crippen LogP contribution in [0.4, 0.5) is 0 Å². The van der Waals surface area contributed by atoms with E-state index in [0.717, 1.165) is 23.3 Å². The summed E-state index contributed by atoms with van der Waals surface area (Å²) < 4.78 is 2.16. The van der Waals surface area contributed by atoms with Gasteiger partial charge < -0.3 is 4.57 Å². The first-order valence-electron chi connectivity index (χ1n) is 7.20. The Morgan fingerprint density at radius 1 is 1.38 bits per heavy atom. The van der Waals surface area contributed by atoms with Crippen LogP contribution >= 0.6 is 11.3 Å². The Morgan fingerprint density at radius 2 is 2.29 bits per heavy atom. The largest absolute Gasteiger partial charge is 0.331 e. The standard InChI is InChI=1S/C17H15N3S/c1-20-15-9-11(10-18)5-6-14(15)19-17(20)13-3-2-4-16-12(13)7-8-21-16/h5-9,13H,2-4H2,1H3. The van der Waals surface area contributed by atoms with Crippen LogP contribution in [0.2, 0.25) is 0 Å². The molecule has 0 saturated heterocycles. The number of nitriles is 1. The number of hydrogen-bond acceptors (Lipinski definition) is 3. The maximum atomic E-state index is 9.07. The lowest BCUT2D eigenvalue weighted by Crippen LogP contribution is -2.13. The topological polar surface area (TPSA) is 41.6 Å². The molecule has 3 nitrogen and oxygen atoms in total. The Labute approximate surface area is 127 Å². The predicted molar refractivity (Wildman–Crippen MR) is 84.5 cm³/mol. The first-order valence-corrected chi connectivity index (χ1v) is 8.08. The van der Waals surface area contributed by atoms with E-state index in [2.05, 4.69) is 29.1 Å². The summed E-state index contributed by atoms with van der Waals surface area (Å²) in [6.07, 6.45) is 3.59. The Hall–Kier alpha value is -2.12. The van der Waals surface area contributed by atoms with Crippen LogP contribution in [0, 0.1) is 11.3 Å². The summed E-state index contributed by atoms with van der Waals surface area (Å²) >= 11 is 1.86. The molecule has 1 aromatic carbocycles. The van der Waals surface area contributed by atoms with Crippen LogP contribution in [0.3, 0.4) is 0 Å². The fraction of sp³-hybridized carbons (Fsp3) is 0.294. The van der Waals surface area contributed by atoms with E-state index in [-0.39, 0.29) is 0 Å². The van der Waals surface area contributed by atoms with Gasteiger partial charge in [-0.15, -0.1) is 11.3 Å². The van der Waals surface area contributed by atoms with Gasteiger partial charge in [-0.25, -0.2) is 4.98 Å². The molecule has 1 aliphatic rings. The molecule has 0 fully saturated rings. The van der Waals surface area contributed by atoms with Crippen LogP contribution in [0.25, 0.3) is 11.0 Å². The molecule has 0 spiro atoms. The lowest BCUT2D eigenvalue weighted by atomic mass is 9.87. The van der Waals surface area contributed by atoms with Crippen LogP contribution in [-0.4, -0.2) is 9.55 Å². The highest BCUT2D eigenvalue weighted by molar-refractivity contribution is 7.10. The molecular weight excluding hydrogens is 278 g/mol. The van der Waals surface area contributed by atoms with E-state index in [9.17, 15) is 0 Å². The van der Waals surface area contributed by atoms with Crippen molar-refractivity contribution in [3.05, 3.63) is 51.5 Å². The van der Waals surface area contributed by atoms with Crippen molar-refractivity contribution in [2.24, 2.45) is 7.05 Å². The minimum Gasteiger partial charge on any atom is -0.331 e. The van der Waals surface area contributed by atoms with E-state index in [1.165, 1.54) is 23.3 Å². The van der Waals surface area contributed by atoms with E-state index < -0.39 is 0 Å². The third-order valence-corrected chi connectivity index (χ3v) is 5.40. The molecule has 4 rings (SSSR count). The maximum absolute atomic E-state index is 9.07. The zero-order valence-corrected chi connectivity index (χ0v) is 12.7. The highest BCUT2D eigenvalue weighted by Gasteiger charge is 2.26. The molecule has 0 aliphatic heterocycles. The number of hydrogen-bond donors (Lipinski definition) is 0. The van der Waals surface area contributed by atoms with Crippen molar-refractivity contribution in [2.75, 3.05) is 0 Å². The molecule has 0 bridgehead atoms. The Bertz CT molecular complexity index is 866. The number of imidazole rings is 1. The molecule has 104 valence electrons. The highest BCUT2D eigenvalue weighted by Crippen LogP contribution is 2.39. The number of fused-ring (bicyclic) bond motifs is 2. The summed E-state index contributed by atoms with van der Waals surface area (Å²) in [5.74, 6) is 1.52. The second-order valence-corrected chi connectivity index (χ2v) is 6.59. The normalized spacial score (nSPS) is 17.6. The van der Waals surface area contributed by atoms with Gasteiger partial charge in [-0.2, -0.15) is 5.26 Å². The summed E-state index contributed by atoms with van der Waals surface area (Å²) in [6, 6.07) is 10.2. The van der Waals surface area contributed by atoms with Gasteiger partial charge in [-0.3, -0.25) is 0 Å². The molecule has 0 radical (unpaired) electrons. The Balaban J connectivity index is 1.89. The van der Waals surface area contributed by atoms with E-state index in [1.54, 1.807) is 0 Å². The smallest absolute Gasteiger partial charge is 0.117 e. The van der Waals surface area contributed by atoms with Gasteiger partial charge in [-0.05, 0) is 54.5 Å². The minimum absolute atomic E-state index is 0.392. The minimum atomic E-state index is 0.392. The third-order valence-electron chi connectivity index (χ3n) is 4.41. The first kappa shape index (κ1) is 12.6. The van der Waals surface area contributed by atoms with Gasteiger partial charge >= 0.3 is 0 Å². The van der Waals surface area contributed by atoms with Gasteiger partial charge in [0.25, 0.3) is 0 Å². The quantitative estimate of drug-likeness (QED) is 0.681. The highest BCUT2D eigenvalue weighted by atomic mass is 32.1. The lowest BCUT2D eigenvalue weighted by Gasteiger charge is -2.22. The second-order valence-electron chi connectivity index (χ2n) is 5.59. The van der Waals surface area contributed by atoms with Crippen molar-refractivity contribution in [1.82, 2.24) is 9.55 Å². The zero-order valence-electron chi connectivity index (χ0n) is 11.8. The Kier molecular flexibility index (Phi) is 2.83. The van der Waals surface area contributed by atoms with Crippen LogP contribution in [-0.2, 0) is 13.5 Å². The molecule has 4 heteroatoms. The summed E-state index contributed by atoms with van der Waals surface area (Å²) in [5.41, 5.74) is 4.17. The van der Waals surface area contributed by atoms with Crippen molar-refractivity contribution in [3.8, 4) is 6.07 Å². The van der Waals surface area contributed by atoms with E-state index in [0.29, 0.717) is 11.5 Å². The van der Waals surface area contributed by atoms with Crippen molar-refractivity contribution in [1.29, 1.82) is 5.26 Å². The molecule has 3 aromatic rings. The van der Waals surface area contributed by atoms with Crippen molar-refractivity contribution < 1.29 is 0 Å². The zero-order chi connectivity index (χ0) is 14.4. The van der Waals surface area contributed by atoms with Gasteiger partial charge in [0.15, 0.2) is 0 Å². The van der Waals surface area contributed by atoms with Crippen molar-refractivity contribution in [3.63, 3.8) is 0 Å². The molecule has 0 N–H and O–H groups in total. The summed E-state index contributed by atoms with van der Waals surface area (Å²) in [6.45, 7) is 0. The van der Waals surface area contributed by atoms with E-state index in [4.69, 9.17) is 10.2 Å². The molecule has 21 heavy (non-hydrogen) atoms. The SMILES string of the molecule is Cn1c(C2CCCc3sccc32)nc2ccc(C#N)cc21. The molecule has 1 aliphatic carbocycles. The average Bonchev–Trinajstić information content (AvgIpc) is 3.11. The number of rotatable bonds is 1. The molecular formula is C17H15N3S. The first-order chi connectivity index (χ1) is 10.3. The lowest BCUT2D eigenvalue weighted by molar-refractivity contribution is 0.584. The van der Waals surface area contributed by atoms with Crippen LogP contribution in [0.15, 0.2) is 29.6 Å². The summed E-state index contributed by atoms with van der Waals surface area (Å²) in [7, 11) is 2.06. The molecule has 0 saturated carbocycles. The number of aryl methyl sites for hydroxylation is 2. The predicted octanol–water partition coefficient (Wildman–Crippen LogP) is 3.97. The number of thiophene rings is 1. The summed E-state index contributed by atoms with van der Waals surface area (Å²) in [4.78, 5) is 6.36. The van der Waals surface area contributed by atoms with Gasteiger partial charge in [0.2, 0.25) is 0 Å². The molecule has 1 atom stereocenters. The molecule has 2 aromatic heterocycles. The number of nitrogens with zero attached hydrogens (tertiary/aromatic N) is 3. The van der Waals surface area contributed by atoms with Gasteiger partial charge in [-0.1, -0.05) is 0 Å². The van der Waals surface area contributed by atoms with Crippen molar-refractivity contribution in [2.45, 2.75) is 25.2 Å². The van der Waals surface area contributed by atoms with Crippen LogP contribution in [0.5, 0.6) is 0 Å². The van der Waals surface area contributed by atoms with Crippen LogP contribution < -0.4 is 0 Å². The number of aromatic nitrogens is 2. The van der Waals surface area contributed by atoms with Gasteiger partial charge in [0.1, 0.15) is 5.82 Å². The van der Waals surface area contributed by atoms with Gasteiger partial charge in [0.05, 0.1) is 22.7 Å². The molecule has 0 amide bonds. The Morgan fingerprint density at radius 3 is 3.14 bits per heavy atom. The fourth-order valence-electron chi connectivity index (χ4n) is 3.34. The number of benzene rings is 1. The maximum Gasteiger partial charge on any atom is 0.117 e. The molecule has 2 heterocycles.